The van der Waals surface area contributed by atoms with Crippen molar-refractivity contribution in [1.82, 2.24) is 5.43 Å². The van der Waals surface area contributed by atoms with Crippen LogP contribution >= 0.6 is 0 Å². The number of hydrazone groups is 1. The number of aliphatic carboxylic acids is 1. The minimum atomic E-state index is -0.922. The maximum atomic E-state index is 10.8. The van der Waals surface area contributed by atoms with Gasteiger partial charge in [-0.15, -0.1) is 0 Å². The quantitative estimate of drug-likeness (QED) is 0.751. The third-order valence-corrected chi connectivity index (χ3v) is 2.17. The van der Waals surface area contributed by atoms with E-state index in [1.54, 1.807) is 6.92 Å². The zero-order valence-electron chi connectivity index (χ0n) is 8.21. The van der Waals surface area contributed by atoms with Gasteiger partial charge in [0.2, 0.25) is 0 Å². The first-order valence-corrected chi connectivity index (χ1v) is 4.58. The lowest BCUT2D eigenvalue weighted by atomic mass is 10.2. The first-order valence-electron chi connectivity index (χ1n) is 4.58. The summed E-state index contributed by atoms with van der Waals surface area (Å²) >= 11 is 0. The number of hydrogen-bond acceptors (Lipinski definition) is 4. The maximum Gasteiger partial charge on any atom is 0.328 e. The number of carboxylic acid groups (broad SMARTS) is 1. The molecular weight excluding hydrogens is 194 g/mol. The Morgan fingerprint density at radius 2 is 2.13 bits per heavy atom. The van der Waals surface area contributed by atoms with E-state index in [1.165, 1.54) is 5.12 Å². The molecule has 1 aromatic rings. The number of hydrazine groups is 1. The summed E-state index contributed by atoms with van der Waals surface area (Å²) in [5, 5.41) is 14.5. The molecule has 1 heterocycles. The van der Waals surface area contributed by atoms with Crippen LogP contribution in [0.5, 0.6) is 0 Å². The summed E-state index contributed by atoms with van der Waals surface area (Å²) in [7, 11) is 0. The van der Waals surface area contributed by atoms with Gasteiger partial charge in [0.25, 0.3) is 0 Å². The highest BCUT2D eigenvalue weighted by Gasteiger charge is 2.29. The Morgan fingerprint density at radius 1 is 1.47 bits per heavy atom. The Morgan fingerprint density at radius 3 is 2.67 bits per heavy atom. The van der Waals surface area contributed by atoms with Crippen molar-refractivity contribution in [3.63, 3.8) is 0 Å². The fourth-order valence-electron chi connectivity index (χ4n) is 1.40. The molecule has 5 nitrogen and oxygen atoms in total. The van der Waals surface area contributed by atoms with Crippen LogP contribution in [0.1, 0.15) is 6.92 Å². The van der Waals surface area contributed by atoms with Crippen LogP contribution in [0.2, 0.25) is 0 Å². The van der Waals surface area contributed by atoms with Gasteiger partial charge in [0, 0.05) is 0 Å². The van der Waals surface area contributed by atoms with Gasteiger partial charge in [0.05, 0.1) is 11.4 Å². The molecule has 0 aliphatic carbocycles. The van der Waals surface area contributed by atoms with Crippen LogP contribution in [-0.4, -0.2) is 22.8 Å². The number of rotatable bonds is 2. The molecule has 2 rings (SSSR count). The Bertz CT molecular complexity index is 402. The molecule has 1 unspecified atom stereocenters. The fraction of sp³-hybridized carbons (Fsp3) is 0.200. The standard InChI is InChI=1S/C10H11N3O2/c1-7-9(10(14)15)12-13(11-7)8-5-3-2-4-6-8/h2-6,9,12H,1H3,(H,14,15). The lowest BCUT2D eigenvalue weighted by molar-refractivity contribution is -0.137. The van der Waals surface area contributed by atoms with Crippen LogP contribution in [0.25, 0.3) is 0 Å². The van der Waals surface area contributed by atoms with Crippen molar-refractivity contribution in [1.29, 1.82) is 0 Å². The van der Waals surface area contributed by atoms with Gasteiger partial charge in [-0.05, 0) is 19.1 Å². The molecular formula is C10H11N3O2. The highest BCUT2D eigenvalue weighted by atomic mass is 16.4. The molecule has 0 bridgehead atoms. The average molecular weight is 205 g/mol. The second-order valence-corrected chi connectivity index (χ2v) is 3.29. The fourth-order valence-corrected chi connectivity index (χ4v) is 1.40. The van der Waals surface area contributed by atoms with E-state index in [-0.39, 0.29) is 0 Å². The predicted molar refractivity (Wildman–Crippen MR) is 56.6 cm³/mol. The van der Waals surface area contributed by atoms with E-state index in [2.05, 4.69) is 10.5 Å². The molecule has 0 radical (unpaired) electrons. The van der Waals surface area contributed by atoms with Gasteiger partial charge in [0.15, 0.2) is 6.04 Å². The van der Waals surface area contributed by atoms with E-state index in [0.717, 1.165) is 5.69 Å². The Hall–Kier alpha value is -1.88. The number of nitrogens with one attached hydrogen (secondary N) is 1. The molecule has 1 aliphatic rings. The summed E-state index contributed by atoms with van der Waals surface area (Å²) in [6, 6.07) is 8.61. The smallest absolute Gasteiger partial charge is 0.328 e. The van der Waals surface area contributed by atoms with E-state index in [1.807, 2.05) is 30.3 Å². The molecule has 0 saturated carbocycles. The number of para-hydroxylation sites is 1. The summed E-state index contributed by atoms with van der Waals surface area (Å²) in [4.78, 5) is 10.8. The lowest BCUT2D eigenvalue weighted by Gasteiger charge is -2.15. The molecule has 0 spiro atoms. The number of carbonyl (C=O) groups is 1. The number of carboxylic acids is 1. The van der Waals surface area contributed by atoms with Gasteiger partial charge in [-0.25, -0.2) is 0 Å². The van der Waals surface area contributed by atoms with Crippen LogP contribution < -0.4 is 10.5 Å². The monoisotopic (exact) mass is 205 g/mol. The number of hydrogen-bond donors (Lipinski definition) is 2. The minimum absolute atomic E-state index is 0.548. The first kappa shape index (κ1) is 9.67. The van der Waals surface area contributed by atoms with E-state index in [4.69, 9.17) is 5.11 Å². The van der Waals surface area contributed by atoms with Crippen LogP contribution in [0, 0.1) is 0 Å². The highest BCUT2D eigenvalue weighted by Crippen LogP contribution is 2.15. The minimum Gasteiger partial charge on any atom is -0.480 e. The van der Waals surface area contributed by atoms with Gasteiger partial charge in [-0.1, -0.05) is 18.2 Å². The van der Waals surface area contributed by atoms with Gasteiger partial charge < -0.3 is 5.11 Å². The SMILES string of the molecule is CC1=NN(c2ccccc2)NC1C(=O)O. The number of anilines is 1. The molecule has 0 aromatic heterocycles. The molecule has 78 valence electrons. The van der Waals surface area contributed by atoms with Crippen LogP contribution in [0.3, 0.4) is 0 Å². The third-order valence-electron chi connectivity index (χ3n) is 2.17. The molecule has 1 atom stereocenters. The highest BCUT2D eigenvalue weighted by molar-refractivity contribution is 6.06. The van der Waals surface area contributed by atoms with E-state index >= 15 is 0 Å². The van der Waals surface area contributed by atoms with Gasteiger partial charge in [-0.3, -0.25) is 4.79 Å². The zero-order valence-corrected chi connectivity index (χ0v) is 8.21. The largest absolute Gasteiger partial charge is 0.480 e. The van der Waals surface area contributed by atoms with E-state index < -0.39 is 12.0 Å². The maximum absolute atomic E-state index is 10.8. The van der Waals surface area contributed by atoms with Crippen molar-refractivity contribution in [2.75, 3.05) is 5.12 Å². The summed E-state index contributed by atoms with van der Waals surface area (Å²) < 4.78 is 0. The molecule has 0 saturated heterocycles. The van der Waals surface area contributed by atoms with Crippen LogP contribution in [0.15, 0.2) is 35.4 Å². The Balaban J connectivity index is 2.20. The van der Waals surface area contributed by atoms with Crippen molar-refractivity contribution >= 4 is 17.4 Å². The predicted octanol–water partition coefficient (Wildman–Crippen LogP) is 0.840. The second-order valence-electron chi connectivity index (χ2n) is 3.29. The summed E-state index contributed by atoms with van der Waals surface area (Å²) in [6.07, 6.45) is 0. The third kappa shape index (κ3) is 1.82. The van der Waals surface area contributed by atoms with Crippen molar-refractivity contribution in [3.05, 3.63) is 30.3 Å². The Kier molecular flexibility index (Phi) is 2.39. The summed E-state index contributed by atoms with van der Waals surface area (Å²) in [5.41, 5.74) is 4.15. The number of benzene rings is 1. The molecule has 0 fully saturated rings. The second kappa shape index (κ2) is 3.70. The topological polar surface area (TPSA) is 64.9 Å². The van der Waals surface area contributed by atoms with E-state index in [9.17, 15) is 4.79 Å². The van der Waals surface area contributed by atoms with Gasteiger partial charge >= 0.3 is 5.97 Å². The molecule has 1 aliphatic heterocycles. The van der Waals surface area contributed by atoms with Crippen LogP contribution in [0.4, 0.5) is 5.69 Å². The van der Waals surface area contributed by atoms with Crippen molar-refractivity contribution in [2.24, 2.45) is 5.10 Å². The lowest BCUT2D eigenvalue weighted by Crippen LogP contribution is -2.42. The van der Waals surface area contributed by atoms with Crippen LogP contribution in [-0.2, 0) is 4.79 Å². The van der Waals surface area contributed by atoms with Crippen molar-refractivity contribution < 1.29 is 9.90 Å². The molecule has 1 aromatic carbocycles. The normalized spacial score (nSPS) is 20.2. The molecule has 15 heavy (non-hydrogen) atoms. The van der Waals surface area contributed by atoms with Gasteiger partial charge in [-0.2, -0.15) is 15.6 Å². The zero-order chi connectivity index (χ0) is 10.8. The summed E-state index contributed by atoms with van der Waals surface area (Å²) in [5.74, 6) is -0.922. The number of nitrogens with zero attached hydrogens (tertiary/aromatic N) is 2. The Labute approximate surface area is 87.0 Å². The molecule has 2 N–H and O–H groups in total. The average Bonchev–Trinajstić information content (AvgIpc) is 2.62. The summed E-state index contributed by atoms with van der Waals surface area (Å²) in [6.45, 7) is 1.69. The van der Waals surface area contributed by atoms with Crippen molar-refractivity contribution in [2.45, 2.75) is 13.0 Å². The molecule has 0 amide bonds. The molecule has 5 heteroatoms. The van der Waals surface area contributed by atoms with E-state index in [0.29, 0.717) is 5.71 Å². The first-order chi connectivity index (χ1) is 7.18. The van der Waals surface area contributed by atoms with Gasteiger partial charge in [0.1, 0.15) is 0 Å². The van der Waals surface area contributed by atoms with Crippen molar-refractivity contribution in [3.8, 4) is 0 Å².